The molecule has 5 nitrogen and oxygen atoms in total. The maximum atomic E-state index is 12.6. The molecule has 0 aliphatic carbocycles. The van der Waals surface area contributed by atoms with Crippen LogP contribution in [0.5, 0.6) is 0 Å². The van der Waals surface area contributed by atoms with Crippen LogP contribution in [0.2, 0.25) is 0 Å². The Bertz CT molecular complexity index is 877. The fourth-order valence-electron chi connectivity index (χ4n) is 2.78. The zero-order valence-corrected chi connectivity index (χ0v) is 16.7. The number of aromatic amines is 1. The summed E-state index contributed by atoms with van der Waals surface area (Å²) in [5, 5.41) is 7.55. The Hall–Kier alpha value is -2.60. The Balaban J connectivity index is 1.61. The van der Waals surface area contributed by atoms with Crippen molar-refractivity contribution in [2.45, 2.75) is 37.2 Å². The van der Waals surface area contributed by atoms with Crippen LogP contribution in [-0.2, 0) is 17.8 Å². The summed E-state index contributed by atoms with van der Waals surface area (Å²) in [5.74, 6) is 0.778. The van der Waals surface area contributed by atoms with Gasteiger partial charge in [0, 0.05) is 19.2 Å². The molecule has 0 saturated carbocycles. The van der Waals surface area contributed by atoms with Crippen molar-refractivity contribution in [2.75, 3.05) is 7.05 Å². The summed E-state index contributed by atoms with van der Waals surface area (Å²) in [6.45, 7) is 4.61. The maximum Gasteiger partial charge on any atom is 0.235 e. The van der Waals surface area contributed by atoms with Gasteiger partial charge in [-0.15, -0.1) is 5.10 Å². The number of nitrogens with one attached hydrogen (secondary N) is 1. The van der Waals surface area contributed by atoms with Gasteiger partial charge in [-0.3, -0.25) is 9.89 Å². The predicted molar refractivity (Wildman–Crippen MR) is 109 cm³/mol. The highest BCUT2D eigenvalue weighted by molar-refractivity contribution is 8.00. The van der Waals surface area contributed by atoms with E-state index in [1.165, 1.54) is 17.3 Å². The Morgan fingerprint density at radius 2 is 1.81 bits per heavy atom. The van der Waals surface area contributed by atoms with Gasteiger partial charge in [0.25, 0.3) is 0 Å². The summed E-state index contributed by atoms with van der Waals surface area (Å²) in [6, 6.07) is 18.2. The van der Waals surface area contributed by atoms with Crippen molar-refractivity contribution in [1.82, 2.24) is 20.1 Å². The molecule has 6 heteroatoms. The maximum absolute atomic E-state index is 12.6. The highest BCUT2D eigenvalue weighted by Crippen LogP contribution is 2.24. The van der Waals surface area contributed by atoms with E-state index >= 15 is 0 Å². The number of amides is 1. The van der Waals surface area contributed by atoms with Crippen molar-refractivity contribution in [3.63, 3.8) is 0 Å². The summed E-state index contributed by atoms with van der Waals surface area (Å²) in [7, 11) is 1.82. The minimum Gasteiger partial charge on any atom is -0.340 e. The third-order valence-corrected chi connectivity index (χ3v) is 5.32. The molecule has 3 aromatic rings. The highest BCUT2D eigenvalue weighted by atomic mass is 32.2. The van der Waals surface area contributed by atoms with Gasteiger partial charge in [-0.25, -0.2) is 4.98 Å². The van der Waals surface area contributed by atoms with E-state index < -0.39 is 0 Å². The Labute approximate surface area is 164 Å². The molecule has 0 spiro atoms. The number of nitrogens with zero attached hydrogens (tertiary/aromatic N) is 3. The van der Waals surface area contributed by atoms with Crippen LogP contribution in [-0.4, -0.2) is 38.3 Å². The van der Waals surface area contributed by atoms with Gasteiger partial charge in [-0.05, 0) is 24.5 Å². The number of benzene rings is 2. The molecule has 1 heterocycles. The lowest BCUT2D eigenvalue weighted by Crippen LogP contribution is -2.32. The molecule has 0 aliphatic rings. The summed E-state index contributed by atoms with van der Waals surface area (Å²) >= 11 is 1.37. The lowest BCUT2D eigenvalue weighted by Gasteiger charge is -2.20. The van der Waals surface area contributed by atoms with E-state index in [1.807, 2.05) is 56.4 Å². The van der Waals surface area contributed by atoms with Crippen LogP contribution in [0, 0.1) is 0 Å². The first-order chi connectivity index (χ1) is 13.1. The number of hydrogen-bond donors (Lipinski definition) is 1. The Morgan fingerprint density at radius 1 is 1.11 bits per heavy atom. The minimum absolute atomic E-state index is 0.0579. The van der Waals surface area contributed by atoms with Crippen LogP contribution < -0.4 is 0 Å². The van der Waals surface area contributed by atoms with E-state index in [0.717, 1.165) is 23.4 Å². The second-order valence-corrected chi connectivity index (χ2v) is 7.77. The molecule has 1 aromatic heterocycles. The van der Waals surface area contributed by atoms with E-state index in [1.54, 1.807) is 4.90 Å². The molecule has 1 unspecified atom stereocenters. The summed E-state index contributed by atoms with van der Waals surface area (Å²) in [6.07, 6.45) is 1.01. The third kappa shape index (κ3) is 4.98. The number of carbonyl (C=O) groups is 1. The number of thioether (sulfide) groups is 1. The molecule has 1 N–H and O–H groups in total. The van der Waals surface area contributed by atoms with Gasteiger partial charge >= 0.3 is 0 Å². The van der Waals surface area contributed by atoms with Crippen molar-refractivity contribution in [3.8, 4) is 11.4 Å². The molecule has 0 aliphatic heterocycles. The lowest BCUT2D eigenvalue weighted by molar-refractivity contribution is -0.129. The van der Waals surface area contributed by atoms with Crippen LogP contribution in [0.3, 0.4) is 0 Å². The average Bonchev–Trinajstić information content (AvgIpc) is 3.16. The van der Waals surface area contributed by atoms with Crippen molar-refractivity contribution >= 4 is 17.7 Å². The van der Waals surface area contributed by atoms with Crippen LogP contribution in [0.4, 0.5) is 0 Å². The molecule has 0 bridgehead atoms. The predicted octanol–water partition coefficient (Wildman–Crippen LogP) is 4.17. The fraction of sp³-hybridized carbons (Fsp3) is 0.286. The van der Waals surface area contributed by atoms with Gasteiger partial charge in [0.15, 0.2) is 5.82 Å². The minimum atomic E-state index is -0.259. The molecule has 140 valence electrons. The first-order valence-electron chi connectivity index (χ1n) is 9.04. The van der Waals surface area contributed by atoms with Crippen molar-refractivity contribution in [3.05, 3.63) is 65.7 Å². The largest absolute Gasteiger partial charge is 0.340 e. The molecule has 1 amide bonds. The van der Waals surface area contributed by atoms with Gasteiger partial charge in [0.2, 0.25) is 11.1 Å². The molecule has 27 heavy (non-hydrogen) atoms. The Kier molecular flexibility index (Phi) is 6.29. The molecule has 0 fully saturated rings. The standard InChI is InChI=1S/C21H24N4OS/c1-4-16-10-12-18(13-11-16)19-22-21(24-23-19)27-15(2)20(26)25(3)14-17-8-6-5-7-9-17/h5-13,15H,4,14H2,1-3H3,(H,22,23,24). The van der Waals surface area contributed by atoms with Gasteiger partial charge in [0.05, 0.1) is 5.25 Å². The van der Waals surface area contributed by atoms with Crippen LogP contribution in [0.15, 0.2) is 59.8 Å². The number of H-pyrrole nitrogens is 1. The second-order valence-electron chi connectivity index (χ2n) is 6.46. The smallest absolute Gasteiger partial charge is 0.235 e. The normalized spacial score (nSPS) is 12.0. The average molecular weight is 381 g/mol. The summed E-state index contributed by atoms with van der Waals surface area (Å²) < 4.78 is 0. The summed E-state index contributed by atoms with van der Waals surface area (Å²) in [4.78, 5) is 18.9. The number of carbonyl (C=O) groups excluding carboxylic acids is 1. The van der Waals surface area contributed by atoms with Crippen LogP contribution >= 0.6 is 11.8 Å². The van der Waals surface area contributed by atoms with Crippen LogP contribution in [0.25, 0.3) is 11.4 Å². The van der Waals surface area contributed by atoms with Gasteiger partial charge in [-0.1, -0.05) is 73.3 Å². The number of aromatic nitrogens is 3. The van der Waals surface area contributed by atoms with Gasteiger partial charge < -0.3 is 4.90 Å². The van der Waals surface area contributed by atoms with Gasteiger partial charge in [0.1, 0.15) is 0 Å². The highest BCUT2D eigenvalue weighted by Gasteiger charge is 2.21. The molecule has 0 radical (unpaired) electrons. The number of hydrogen-bond acceptors (Lipinski definition) is 4. The van der Waals surface area contributed by atoms with E-state index in [0.29, 0.717) is 11.7 Å². The van der Waals surface area contributed by atoms with Crippen molar-refractivity contribution < 1.29 is 4.79 Å². The zero-order chi connectivity index (χ0) is 19.2. The molecule has 0 saturated heterocycles. The topological polar surface area (TPSA) is 61.9 Å². The second kappa shape index (κ2) is 8.86. The Morgan fingerprint density at radius 3 is 2.48 bits per heavy atom. The fourth-order valence-corrected chi connectivity index (χ4v) is 3.62. The first-order valence-corrected chi connectivity index (χ1v) is 9.92. The molecular formula is C21H24N4OS. The van der Waals surface area contributed by atoms with Crippen LogP contribution in [0.1, 0.15) is 25.0 Å². The molecule has 2 aromatic carbocycles. The molecule has 3 rings (SSSR count). The van der Waals surface area contributed by atoms with E-state index in [-0.39, 0.29) is 11.2 Å². The molecule has 1 atom stereocenters. The van der Waals surface area contributed by atoms with Crippen molar-refractivity contribution in [1.29, 1.82) is 0 Å². The van der Waals surface area contributed by atoms with Crippen molar-refractivity contribution in [2.24, 2.45) is 0 Å². The monoisotopic (exact) mass is 380 g/mol. The quantitative estimate of drug-likeness (QED) is 0.625. The molecular weight excluding hydrogens is 356 g/mol. The number of rotatable bonds is 7. The van der Waals surface area contributed by atoms with E-state index in [9.17, 15) is 4.79 Å². The van der Waals surface area contributed by atoms with E-state index in [2.05, 4.69) is 34.2 Å². The zero-order valence-electron chi connectivity index (χ0n) is 15.8. The SMILES string of the molecule is CCc1ccc(-c2nc(SC(C)C(=O)N(C)Cc3ccccc3)n[nH]2)cc1. The van der Waals surface area contributed by atoms with Gasteiger partial charge in [-0.2, -0.15) is 0 Å². The van der Waals surface area contributed by atoms with E-state index in [4.69, 9.17) is 0 Å². The summed E-state index contributed by atoms with van der Waals surface area (Å²) in [5.41, 5.74) is 3.39. The first kappa shape index (κ1) is 19.2. The number of aryl methyl sites for hydroxylation is 1. The lowest BCUT2D eigenvalue weighted by atomic mass is 10.1. The third-order valence-electron chi connectivity index (χ3n) is 4.37.